The van der Waals surface area contributed by atoms with E-state index in [0.717, 1.165) is 0 Å². The lowest BCUT2D eigenvalue weighted by molar-refractivity contribution is -0.120. The van der Waals surface area contributed by atoms with Crippen LogP contribution in [-0.4, -0.2) is 46.2 Å². The molecule has 0 aliphatic rings. The molecule has 0 fully saturated rings. The van der Waals surface area contributed by atoms with Gasteiger partial charge in [0.25, 0.3) is 0 Å². The summed E-state index contributed by atoms with van der Waals surface area (Å²) in [5, 5.41) is 11.9. The van der Waals surface area contributed by atoms with Crippen LogP contribution in [0.1, 0.15) is 18.6 Å². The Morgan fingerprint density at radius 3 is 2.48 bits per heavy atom. The summed E-state index contributed by atoms with van der Waals surface area (Å²) in [5.74, 6) is -0.434. The number of hydrogen-bond acceptors (Lipinski definition) is 5. The van der Waals surface area contributed by atoms with Gasteiger partial charge in [0, 0.05) is 13.7 Å². The van der Waals surface area contributed by atoms with E-state index in [9.17, 15) is 18.3 Å². The van der Waals surface area contributed by atoms with Crippen molar-refractivity contribution >= 4 is 15.9 Å². The van der Waals surface area contributed by atoms with Crippen LogP contribution in [0.4, 0.5) is 0 Å². The maximum absolute atomic E-state index is 12.0. The van der Waals surface area contributed by atoms with E-state index in [2.05, 4.69) is 10.0 Å². The Morgan fingerprint density at radius 1 is 1.33 bits per heavy atom. The van der Waals surface area contributed by atoms with E-state index >= 15 is 0 Å². The monoisotopic (exact) mass is 316 g/mol. The van der Waals surface area contributed by atoms with Crippen molar-refractivity contribution in [3.63, 3.8) is 0 Å². The van der Waals surface area contributed by atoms with Crippen LogP contribution in [0.5, 0.6) is 0 Å². The van der Waals surface area contributed by atoms with Crippen molar-refractivity contribution in [2.24, 2.45) is 0 Å². The first kappa shape index (κ1) is 17.6. The zero-order valence-electron chi connectivity index (χ0n) is 12.0. The molecule has 0 heterocycles. The average Bonchev–Trinajstić information content (AvgIpc) is 2.45. The Labute approximate surface area is 124 Å². The van der Waals surface area contributed by atoms with E-state index in [1.165, 1.54) is 31.4 Å². The number of hydrogen-bond donors (Lipinski definition) is 3. The largest absolute Gasteiger partial charge is 0.389 e. The normalized spacial score (nSPS) is 12.9. The van der Waals surface area contributed by atoms with Crippen molar-refractivity contribution in [1.82, 2.24) is 10.0 Å². The first-order valence-corrected chi connectivity index (χ1v) is 7.88. The lowest BCUT2D eigenvalue weighted by atomic mass is 10.1. The number of ether oxygens (including phenoxy) is 1. The zero-order valence-corrected chi connectivity index (χ0v) is 12.8. The first-order valence-electron chi connectivity index (χ1n) is 6.40. The van der Waals surface area contributed by atoms with Gasteiger partial charge in [-0.1, -0.05) is 12.1 Å². The minimum atomic E-state index is -3.75. The van der Waals surface area contributed by atoms with Crippen LogP contribution in [0.2, 0.25) is 0 Å². The van der Waals surface area contributed by atoms with Crippen molar-refractivity contribution in [2.75, 3.05) is 26.8 Å². The lowest BCUT2D eigenvalue weighted by Crippen LogP contribution is -2.38. The van der Waals surface area contributed by atoms with Crippen molar-refractivity contribution in [2.45, 2.75) is 17.9 Å². The molecule has 0 aromatic heterocycles. The molecule has 0 spiro atoms. The molecule has 1 atom stereocenters. The van der Waals surface area contributed by atoms with E-state index in [0.29, 0.717) is 18.7 Å². The Morgan fingerprint density at radius 2 is 1.95 bits per heavy atom. The van der Waals surface area contributed by atoms with E-state index < -0.39 is 22.0 Å². The molecule has 118 valence electrons. The number of benzene rings is 1. The highest BCUT2D eigenvalue weighted by Gasteiger charge is 2.15. The van der Waals surface area contributed by atoms with E-state index in [4.69, 9.17) is 4.74 Å². The van der Waals surface area contributed by atoms with Crippen molar-refractivity contribution in [3.05, 3.63) is 29.8 Å². The molecular formula is C13H20N2O5S. The highest BCUT2D eigenvalue weighted by Crippen LogP contribution is 2.15. The summed E-state index contributed by atoms with van der Waals surface area (Å²) in [5.41, 5.74) is 0.617. The second-order valence-corrected chi connectivity index (χ2v) is 6.18. The second-order valence-electron chi connectivity index (χ2n) is 4.41. The van der Waals surface area contributed by atoms with Gasteiger partial charge >= 0.3 is 0 Å². The van der Waals surface area contributed by atoms with Crippen LogP contribution in [0, 0.1) is 0 Å². The summed E-state index contributed by atoms with van der Waals surface area (Å²) in [7, 11) is -2.25. The highest BCUT2D eigenvalue weighted by molar-refractivity contribution is 7.89. The van der Waals surface area contributed by atoms with Crippen LogP contribution in [0.25, 0.3) is 0 Å². The van der Waals surface area contributed by atoms with E-state index in [1.807, 2.05) is 0 Å². The van der Waals surface area contributed by atoms with Gasteiger partial charge < -0.3 is 15.2 Å². The number of methoxy groups -OCH3 is 1. The lowest BCUT2D eigenvalue weighted by Gasteiger charge is -2.09. The molecule has 7 nitrogen and oxygen atoms in total. The fourth-order valence-electron chi connectivity index (χ4n) is 1.52. The summed E-state index contributed by atoms with van der Waals surface area (Å²) >= 11 is 0. The quantitative estimate of drug-likeness (QED) is 0.575. The van der Waals surface area contributed by atoms with Gasteiger partial charge in [0.2, 0.25) is 15.9 Å². The second kappa shape index (κ2) is 8.08. The number of amides is 1. The maximum atomic E-state index is 12.0. The molecule has 1 aromatic carbocycles. The van der Waals surface area contributed by atoms with Gasteiger partial charge in [-0.25, -0.2) is 13.1 Å². The van der Waals surface area contributed by atoms with Gasteiger partial charge in [0.05, 0.1) is 24.2 Å². The summed E-state index contributed by atoms with van der Waals surface area (Å²) in [4.78, 5) is 11.5. The molecule has 1 unspecified atom stereocenters. The molecule has 1 aromatic rings. The van der Waals surface area contributed by atoms with E-state index in [-0.39, 0.29) is 11.4 Å². The molecule has 21 heavy (non-hydrogen) atoms. The molecule has 0 aliphatic carbocycles. The minimum Gasteiger partial charge on any atom is -0.389 e. The van der Waals surface area contributed by atoms with Crippen LogP contribution in [-0.2, 0) is 19.6 Å². The van der Waals surface area contributed by atoms with Crippen LogP contribution in [0.3, 0.4) is 0 Å². The van der Waals surface area contributed by atoms with Crippen molar-refractivity contribution in [1.29, 1.82) is 0 Å². The van der Waals surface area contributed by atoms with Crippen LogP contribution < -0.4 is 10.0 Å². The van der Waals surface area contributed by atoms with Gasteiger partial charge in [-0.05, 0) is 24.6 Å². The zero-order chi connectivity index (χ0) is 15.9. The number of carbonyl (C=O) groups excluding carboxylic acids is 1. The molecule has 0 aliphatic heterocycles. The molecule has 0 bridgehead atoms. The third-order valence-corrected chi connectivity index (χ3v) is 4.14. The number of aliphatic hydroxyl groups excluding tert-OH is 1. The Balaban J connectivity index is 2.59. The molecule has 0 radical (unpaired) electrons. The summed E-state index contributed by atoms with van der Waals surface area (Å²) in [6.07, 6.45) is -0.665. The third-order valence-electron chi connectivity index (χ3n) is 2.72. The Kier molecular flexibility index (Phi) is 6.76. The molecule has 1 amide bonds. The fourth-order valence-corrected chi connectivity index (χ4v) is 2.51. The Bertz CT molecular complexity index is 554. The van der Waals surface area contributed by atoms with Gasteiger partial charge in [-0.2, -0.15) is 0 Å². The molecular weight excluding hydrogens is 296 g/mol. The standard InChI is InChI=1S/C13H20N2O5S/c1-10(16)11-3-5-12(6-4-11)21(18,19)15-9-13(17)14-7-8-20-2/h3-6,10,15-16H,7-9H2,1-2H3,(H,14,17). The summed E-state index contributed by atoms with van der Waals surface area (Å²) in [6.45, 7) is 1.93. The SMILES string of the molecule is COCCNC(=O)CNS(=O)(=O)c1ccc(C(C)O)cc1. The first-order chi connectivity index (χ1) is 9.86. The van der Waals surface area contributed by atoms with Gasteiger partial charge in [0.15, 0.2) is 0 Å². The summed E-state index contributed by atoms with van der Waals surface area (Å²) < 4.78 is 30.9. The minimum absolute atomic E-state index is 0.0385. The molecule has 0 saturated heterocycles. The number of rotatable bonds is 8. The summed E-state index contributed by atoms with van der Waals surface area (Å²) in [6, 6.07) is 5.82. The van der Waals surface area contributed by atoms with Crippen molar-refractivity contribution < 1.29 is 23.1 Å². The maximum Gasteiger partial charge on any atom is 0.241 e. The third kappa shape index (κ3) is 5.80. The number of nitrogens with one attached hydrogen (secondary N) is 2. The van der Waals surface area contributed by atoms with E-state index in [1.54, 1.807) is 6.92 Å². The molecule has 0 saturated carbocycles. The number of sulfonamides is 1. The van der Waals surface area contributed by atoms with Crippen molar-refractivity contribution in [3.8, 4) is 0 Å². The van der Waals surface area contributed by atoms with Gasteiger partial charge in [-0.3, -0.25) is 4.79 Å². The van der Waals surface area contributed by atoms with Gasteiger partial charge in [0.1, 0.15) is 0 Å². The fraction of sp³-hybridized carbons (Fsp3) is 0.462. The average molecular weight is 316 g/mol. The predicted molar refractivity (Wildman–Crippen MR) is 77.2 cm³/mol. The topological polar surface area (TPSA) is 105 Å². The molecule has 1 rings (SSSR count). The smallest absolute Gasteiger partial charge is 0.241 e. The van der Waals surface area contributed by atoms with Crippen LogP contribution >= 0.6 is 0 Å². The number of aliphatic hydroxyl groups is 1. The van der Waals surface area contributed by atoms with Crippen LogP contribution in [0.15, 0.2) is 29.2 Å². The van der Waals surface area contributed by atoms with Gasteiger partial charge in [-0.15, -0.1) is 0 Å². The molecule has 3 N–H and O–H groups in total. The molecule has 8 heteroatoms. The predicted octanol–water partition coefficient (Wildman–Crippen LogP) is -0.219. The highest BCUT2D eigenvalue weighted by atomic mass is 32.2. The Hall–Kier alpha value is -1.48. The number of carbonyl (C=O) groups is 1.